The molecule has 0 rings (SSSR count). The van der Waals surface area contributed by atoms with Gasteiger partial charge in [-0.25, -0.2) is 4.57 Å². The van der Waals surface area contributed by atoms with Gasteiger partial charge in [0.2, 0.25) is 0 Å². The van der Waals surface area contributed by atoms with Crippen LogP contribution in [-0.2, 0) is 18.2 Å². The van der Waals surface area contributed by atoms with Gasteiger partial charge in [-0.3, -0.25) is 9.05 Å². The predicted octanol–water partition coefficient (Wildman–Crippen LogP) is 4.78. The van der Waals surface area contributed by atoms with Gasteiger partial charge < -0.3 is 0 Å². The Morgan fingerprint density at radius 1 is 0.800 bits per heavy atom. The van der Waals surface area contributed by atoms with Crippen LogP contribution in [0.2, 0.25) is 0 Å². The summed E-state index contributed by atoms with van der Waals surface area (Å²) in [5, 5.41) is 1.65. The van der Waals surface area contributed by atoms with E-state index in [1.165, 1.54) is 0 Å². The summed E-state index contributed by atoms with van der Waals surface area (Å²) >= 11 is 0. The fourth-order valence-corrected chi connectivity index (χ4v) is 3.68. The minimum absolute atomic E-state index is 0.0652. The third-order valence-electron chi connectivity index (χ3n) is 1.98. The predicted molar refractivity (Wildman–Crippen MR) is 82.5 cm³/mol. The summed E-state index contributed by atoms with van der Waals surface area (Å²) in [5.41, 5.74) is -1.25. The number of nitrogens with zero attached hydrogens (tertiary/aromatic N) is 1. The molecular weight excluding hydrogens is 277 g/mol. The summed E-state index contributed by atoms with van der Waals surface area (Å²) in [4.78, 5) is 0. The summed E-state index contributed by atoms with van der Waals surface area (Å²) in [7, 11) is -3.70. The zero-order chi connectivity index (χ0) is 16.4. The van der Waals surface area contributed by atoms with Crippen molar-refractivity contribution in [2.45, 2.75) is 92.5 Å². The van der Waals surface area contributed by atoms with Crippen molar-refractivity contribution in [2.24, 2.45) is 0 Å². The number of hydroxylamine groups is 2. The van der Waals surface area contributed by atoms with Crippen molar-refractivity contribution >= 4 is 7.82 Å². The standard InChI is InChI=1S/C14H32NO4P/c1-11(2)15(12(3)4)19-20(16,17-13(5,6)7)18-14(8,9)10/h11-12H,1-10H3. The van der Waals surface area contributed by atoms with Crippen molar-refractivity contribution in [3.8, 4) is 0 Å². The molecule has 0 radical (unpaired) electrons. The average molecular weight is 309 g/mol. The van der Waals surface area contributed by atoms with Crippen LogP contribution in [-0.4, -0.2) is 28.3 Å². The van der Waals surface area contributed by atoms with Crippen LogP contribution in [0.25, 0.3) is 0 Å². The molecule has 20 heavy (non-hydrogen) atoms. The van der Waals surface area contributed by atoms with Gasteiger partial charge in [0.15, 0.2) is 0 Å². The van der Waals surface area contributed by atoms with E-state index in [2.05, 4.69) is 0 Å². The van der Waals surface area contributed by atoms with E-state index in [-0.39, 0.29) is 12.1 Å². The highest BCUT2D eigenvalue weighted by atomic mass is 31.2. The van der Waals surface area contributed by atoms with Crippen molar-refractivity contribution in [2.75, 3.05) is 0 Å². The maximum absolute atomic E-state index is 13.0. The first-order chi connectivity index (χ1) is 8.65. The molecule has 0 saturated carbocycles. The van der Waals surface area contributed by atoms with Gasteiger partial charge in [-0.1, -0.05) is 0 Å². The Kier molecular flexibility index (Phi) is 6.91. The lowest BCUT2D eigenvalue weighted by atomic mass is 10.2. The first-order valence-corrected chi connectivity index (χ1v) is 8.61. The minimum Gasteiger partial charge on any atom is -0.280 e. The van der Waals surface area contributed by atoms with Crippen LogP contribution in [0.5, 0.6) is 0 Å². The van der Waals surface area contributed by atoms with Crippen LogP contribution in [0.15, 0.2) is 0 Å². The number of phosphoric ester groups is 1. The topological polar surface area (TPSA) is 48.0 Å². The van der Waals surface area contributed by atoms with Crippen LogP contribution in [0.4, 0.5) is 0 Å². The molecule has 0 aliphatic heterocycles. The molecule has 0 atom stereocenters. The Balaban J connectivity index is 5.27. The highest BCUT2D eigenvalue weighted by molar-refractivity contribution is 7.48. The van der Waals surface area contributed by atoms with Crippen LogP contribution in [0, 0.1) is 0 Å². The molecule has 6 heteroatoms. The van der Waals surface area contributed by atoms with E-state index in [1.54, 1.807) is 5.06 Å². The first kappa shape index (κ1) is 20.1. The summed E-state index contributed by atoms with van der Waals surface area (Å²) in [6.45, 7) is 18.8. The van der Waals surface area contributed by atoms with Gasteiger partial charge in [0.05, 0.1) is 11.2 Å². The molecule has 0 unspecified atom stereocenters. The molecular formula is C14H32NO4P. The molecule has 0 N–H and O–H groups in total. The second-order valence-electron chi connectivity index (χ2n) is 7.48. The van der Waals surface area contributed by atoms with E-state index in [0.29, 0.717) is 0 Å². The molecule has 0 aromatic heterocycles. The van der Waals surface area contributed by atoms with E-state index < -0.39 is 19.0 Å². The lowest BCUT2D eigenvalue weighted by Gasteiger charge is -2.36. The fourth-order valence-electron chi connectivity index (χ4n) is 1.62. The lowest BCUT2D eigenvalue weighted by Crippen LogP contribution is -2.38. The van der Waals surface area contributed by atoms with Crippen molar-refractivity contribution in [1.29, 1.82) is 0 Å². The average Bonchev–Trinajstić information content (AvgIpc) is 2.06. The van der Waals surface area contributed by atoms with E-state index >= 15 is 0 Å². The molecule has 122 valence electrons. The lowest BCUT2D eigenvalue weighted by molar-refractivity contribution is -0.151. The van der Waals surface area contributed by atoms with Crippen LogP contribution < -0.4 is 0 Å². The highest BCUT2D eigenvalue weighted by Crippen LogP contribution is 2.56. The molecule has 0 amide bonds. The molecule has 0 heterocycles. The fraction of sp³-hybridized carbons (Fsp3) is 1.00. The third kappa shape index (κ3) is 8.38. The van der Waals surface area contributed by atoms with Gasteiger partial charge in [-0.2, -0.15) is 9.69 Å². The number of hydrogen-bond acceptors (Lipinski definition) is 5. The van der Waals surface area contributed by atoms with E-state index in [0.717, 1.165) is 0 Å². The molecule has 0 aromatic carbocycles. The molecule has 0 saturated heterocycles. The zero-order valence-electron chi connectivity index (χ0n) is 14.7. The Bertz CT molecular complexity index is 314. The SMILES string of the molecule is CC(C)N(OP(=O)(OC(C)(C)C)OC(C)(C)C)C(C)C. The Morgan fingerprint density at radius 3 is 1.30 bits per heavy atom. The van der Waals surface area contributed by atoms with Crippen molar-refractivity contribution in [3.63, 3.8) is 0 Å². The molecule has 0 aliphatic rings. The normalized spacial score (nSPS) is 14.7. The monoisotopic (exact) mass is 309 g/mol. The molecule has 0 aliphatic carbocycles. The molecule has 0 fully saturated rings. The quantitative estimate of drug-likeness (QED) is 0.522. The number of hydrogen-bond donors (Lipinski definition) is 0. The molecule has 0 bridgehead atoms. The zero-order valence-corrected chi connectivity index (χ0v) is 15.6. The van der Waals surface area contributed by atoms with Crippen molar-refractivity contribution < 1.29 is 18.2 Å². The van der Waals surface area contributed by atoms with Gasteiger partial charge in [-0.15, -0.1) is 0 Å². The van der Waals surface area contributed by atoms with Crippen LogP contribution in [0.3, 0.4) is 0 Å². The molecule has 5 nitrogen and oxygen atoms in total. The van der Waals surface area contributed by atoms with Crippen LogP contribution >= 0.6 is 7.82 Å². The van der Waals surface area contributed by atoms with Gasteiger partial charge in [0.1, 0.15) is 0 Å². The first-order valence-electron chi connectivity index (χ1n) is 7.15. The summed E-state index contributed by atoms with van der Waals surface area (Å²) in [5.74, 6) is 0. The van der Waals surface area contributed by atoms with Crippen LogP contribution in [0.1, 0.15) is 69.2 Å². The van der Waals surface area contributed by atoms with E-state index in [9.17, 15) is 4.57 Å². The number of rotatable bonds is 6. The van der Waals surface area contributed by atoms with Gasteiger partial charge in [0, 0.05) is 12.1 Å². The van der Waals surface area contributed by atoms with E-state index in [1.807, 2.05) is 69.2 Å². The molecule has 0 spiro atoms. The molecule has 0 aromatic rings. The number of phosphoric acid groups is 1. The Labute approximate surface area is 124 Å². The van der Waals surface area contributed by atoms with Gasteiger partial charge >= 0.3 is 7.82 Å². The second kappa shape index (κ2) is 6.89. The second-order valence-corrected chi connectivity index (χ2v) is 8.91. The Morgan fingerprint density at radius 2 is 1.10 bits per heavy atom. The third-order valence-corrected chi connectivity index (χ3v) is 3.91. The minimum atomic E-state index is -3.70. The summed E-state index contributed by atoms with van der Waals surface area (Å²) < 4.78 is 29.8. The van der Waals surface area contributed by atoms with Gasteiger partial charge in [0.25, 0.3) is 0 Å². The summed E-state index contributed by atoms with van der Waals surface area (Å²) in [6.07, 6.45) is 0. The maximum atomic E-state index is 13.0. The maximum Gasteiger partial charge on any atom is 0.492 e. The Hall–Kier alpha value is 0.0700. The largest absolute Gasteiger partial charge is 0.492 e. The van der Waals surface area contributed by atoms with Crippen molar-refractivity contribution in [3.05, 3.63) is 0 Å². The van der Waals surface area contributed by atoms with E-state index in [4.69, 9.17) is 13.7 Å². The van der Waals surface area contributed by atoms with Gasteiger partial charge in [-0.05, 0) is 69.2 Å². The summed E-state index contributed by atoms with van der Waals surface area (Å²) in [6, 6.07) is 0.130. The highest BCUT2D eigenvalue weighted by Gasteiger charge is 2.40. The van der Waals surface area contributed by atoms with Crippen molar-refractivity contribution in [1.82, 2.24) is 5.06 Å². The smallest absolute Gasteiger partial charge is 0.280 e.